The van der Waals surface area contributed by atoms with Gasteiger partial charge in [-0.15, -0.1) is 0 Å². The van der Waals surface area contributed by atoms with E-state index < -0.39 is 17.4 Å². The molecule has 0 radical (unpaired) electrons. The molecule has 3 atom stereocenters. The van der Waals surface area contributed by atoms with Crippen molar-refractivity contribution < 1.29 is 28.6 Å². The number of carboxylic acids is 1. The maximum Gasteiger partial charge on any atom is 0.338 e. The highest BCUT2D eigenvalue weighted by molar-refractivity contribution is 6.32. The van der Waals surface area contributed by atoms with E-state index in [9.17, 15) is 19.1 Å². The summed E-state index contributed by atoms with van der Waals surface area (Å²) in [7, 11) is 0. The summed E-state index contributed by atoms with van der Waals surface area (Å²) in [5.41, 5.74) is 1.56. The molecule has 3 aliphatic heterocycles. The Bertz CT molecular complexity index is 1330. The molecule has 214 valence electrons. The lowest BCUT2D eigenvalue weighted by atomic mass is 9.85. The molecule has 1 saturated carbocycles. The number of amides is 1. The normalized spacial score (nSPS) is 27.2. The molecule has 0 unspecified atom stereocenters. The van der Waals surface area contributed by atoms with Crippen molar-refractivity contribution in [2.45, 2.75) is 63.8 Å². The second-order valence-electron chi connectivity index (χ2n) is 11.7. The number of carboxylic acid groups (broad SMARTS) is 1. The van der Waals surface area contributed by atoms with Crippen LogP contribution in [0.1, 0.15) is 54.1 Å². The van der Waals surface area contributed by atoms with Gasteiger partial charge in [-0.25, -0.2) is 9.18 Å². The average molecular weight is 572 g/mol. The number of rotatable bonds is 5. The Balaban J connectivity index is 1.10. The van der Waals surface area contributed by atoms with Gasteiger partial charge in [0.25, 0.3) is 5.91 Å². The number of nitrogens with zero attached hydrogens (tertiary/aromatic N) is 3. The first kappa shape index (κ1) is 27.3. The van der Waals surface area contributed by atoms with Gasteiger partial charge in [0.2, 0.25) is 0 Å². The largest absolute Gasteiger partial charge is 0.478 e. The second-order valence-corrected chi connectivity index (χ2v) is 12.1. The maximum atomic E-state index is 14.0. The van der Waals surface area contributed by atoms with Crippen LogP contribution in [-0.2, 0) is 16.1 Å². The predicted molar refractivity (Wildman–Crippen MR) is 148 cm³/mol. The Kier molecular flexibility index (Phi) is 7.17. The molecule has 2 aromatic carbocycles. The number of carbonyl (C=O) groups is 2. The fourth-order valence-electron chi connectivity index (χ4n) is 6.71. The molecule has 2 aromatic rings. The summed E-state index contributed by atoms with van der Waals surface area (Å²) in [6, 6.07) is 8.50. The number of carbonyl (C=O) groups excluding carboxylic acids is 1. The molecule has 1 aliphatic carbocycles. The third-order valence-corrected chi connectivity index (χ3v) is 9.23. The van der Waals surface area contributed by atoms with E-state index in [4.69, 9.17) is 21.1 Å². The highest BCUT2D eigenvalue weighted by Gasteiger charge is 2.56. The van der Waals surface area contributed by atoms with Crippen LogP contribution in [-0.4, -0.2) is 77.4 Å². The lowest BCUT2D eigenvalue weighted by Gasteiger charge is -2.48. The van der Waals surface area contributed by atoms with Crippen molar-refractivity contribution in [2.75, 3.05) is 37.9 Å². The van der Waals surface area contributed by atoms with Gasteiger partial charge >= 0.3 is 5.97 Å². The van der Waals surface area contributed by atoms with Gasteiger partial charge in [0.15, 0.2) is 6.73 Å². The van der Waals surface area contributed by atoms with E-state index in [0.717, 1.165) is 43.5 Å². The first-order valence-electron chi connectivity index (χ1n) is 14.0. The lowest BCUT2D eigenvalue weighted by molar-refractivity contribution is -0.180. The summed E-state index contributed by atoms with van der Waals surface area (Å²) in [5.74, 6) is -1.08. The summed E-state index contributed by atoms with van der Waals surface area (Å²) in [4.78, 5) is 31.7. The van der Waals surface area contributed by atoms with Gasteiger partial charge in [0, 0.05) is 43.0 Å². The fraction of sp³-hybridized carbons (Fsp3) is 0.533. The summed E-state index contributed by atoms with van der Waals surface area (Å²) in [6.45, 7) is 7.45. The van der Waals surface area contributed by atoms with E-state index in [1.165, 1.54) is 12.1 Å². The van der Waals surface area contributed by atoms with Gasteiger partial charge in [0.05, 0.1) is 23.7 Å². The standard InChI is InChI=1S/C30H35ClFN3O5/c1-18-11-20-15-34(17-39-27(20)25(31)12-18)29(38)30(21-3-4-21)8-7-23(16-40-30)33-9-10-35(19(2)14-33)22-5-6-26(32)24(13-22)28(36)37/h5-6,11-13,19,21,23H,3-4,7-10,14-17H2,1-2H3,(H,36,37)/t19-,23+,30-/m0/s1. The first-order valence-corrected chi connectivity index (χ1v) is 14.4. The molecule has 8 nitrogen and oxygen atoms in total. The second kappa shape index (κ2) is 10.5. The quantitative estimate of drug-likeness (QED) is 0.557. The molecule has 3 fully saturated rings. The number of fused-ring (bicyclic) bond motifs is 1. The van der Waals surface area contributed by atoms with Crippen LogP contribution in [0.15, 0.2) is 30.3 Å². The lowest BCUT2D eigenvalue weighted by Crippen LogP contribution is -2.61. The van der Waals surface area contributed by atoms with Gasteiger partial charge < -0.3 is 24.4 Å². The van der Waals surface area contributed by atoms with Crippen LogP contribution in [0.4, 0.5) is 10.1 Å². The molecule has 40 heavy (non-hydrogen) atoms. The third-order valence-electron chi connectivity index (χ3n) is 8.95. The van der Waals surface area contributed by atoms with E-state index in [-0.39, 0.29) is 36.2 Å². The van der Waals surface area contributed by atoms with Crippen molar-refractivity contribution in [1.29, 1.82) is 0 Å². The number of hydrogen-bond donors (Lipinski definition) is 1. The topological polar surface area (TPSA) is 82.6 Å². The highest BCUT2D eigenvalue weighted by Crippen LogP contribution is 2.49. The molecular formula is C30H35ClFN3O5. The van der Waals surface area contributed by atoms with Crippen LogP contribution in [0.25, 0.3) is 0 Å². The van der Waals surface area contributed by atoms with Crippen LogP contribution in [0, 0.1) is 18.7 Å². The van der Waals surface area contributed by atoms with Gasteiger partial charge in [-0.3, -0.25) is 9.69 Å². The van der Waals surface area contributed by atoms with Gasteiger partial charge in [-0.05, 0) is 75.3 Å². The van der Waals surface area contributed by atoms with Gasteiger partial charge in [0.1, 0.15) is 17.2 Å². The summed E-state index contributed by atoms with van der Waals surface area (Å²) in [6.07, 6.45) is 3.54. The molecule has 1 N–H and O–H groups in total. The minimum absolute atomic E-state index is 0.0143. The Hall–Kier alpha value is -2.88. The molecule has 0 bridgehead atoms. The van der Waals surface area contributed by atoms with Crippen LogP contribution in [0.5, 0.6) is 5.75 Å². The minimum Gasteiger partial charge on any atom is -0.478 e. The predicted octanol–water partition coefficient (Wildman–Crippen LogP) is 4.70. The van der Waals surface area contributed by atoms with Crippen molar-refractivity contribution in [1.82, 2.24) is 9.80 Å². The monoisotopic (exact) mass is 571 g/mol. The van der Waals surface area contributed by atoms with Crippen molar-refractivity contribution in [3.05, 3.63) is 57.9 Å². The molecule has 6 rings (SSSR count). The molecule has 4 aliphatic rings. The number of hydrogen-bond acceptors (Lipinski definition) is 6. The number of ether oxygens (including phenoxy) is 2. The Labute approximate surface area is 238 Å². The van der Waals surface area contributed by atoms with Crippen molar-refractivity contribution in [3.8, 4) is 5.75 Å². The Morgan fingerprint density at radius 2 is 1.95 bits per heavy atom. The van der Waals surface area contributed by atoms with Crippen molar-refractivity contribution >= 4 is 29.2 Å². The van der Waals surface area contributed by atoms with Gasteiger partial charge in [-0.1, -0.05) is 17.7 Å². The van der Waals surface area contributed by atoms with Crippen LogP contribution in [0.2, 0.25) is 5.02 Å². The number of benzene rings is 2. The van der Waals surface area contributed by atoms with Crippen LogP contribution in [0.3, 0.4) is 0 Å². The molecule has 0 aromatic heterocycles. The SMILES string of the molecule is Cc1cc(Cl)c2c(c1)CN(C(=O)[C@@]1(C3CC3)CC[C@@H](N3CCN(c4ccc(F)c(C(=O)O)c4)[C@@H](C)C3)CO1)CO2. The van der Waals surface area contributed by atoms with Gasteiger partial charge in [-0.2, -0.15) is 0 Å². The summed E-state index contributed by atoms with van der Waals surface area (Å²) in [5, 5.41) is 9.90. The van der Waals surface area contributed by atoms with E-state index >= 15 is 0 Å². The molecular weight excluding hydrogens is 537 g/mol. The van der Waals surface area contributed by atoms with E-state index in [0.29, 0.717) is 42.6 Å². The molecule has 3 heterocycles. The van der Waals surface area contributed by atoms with Crippen LogP contribution < -0.4 is 9.64 Å². The zero-order valence-electron chi connectivity index (χ0n) is 22.9. The number of anilines is 1. The number of halogens is 2. The zero-order valence-corrected chi connectivity index (χ0v) is 23.6. The molecule has 2 saturated heterocycles. The zero-order chi connectivity index (χ0) is 28.2. The van der Waals surface area contributed by atoms with E-state index in [2.05, 4.69) is 16.7 Å². The average Bonchev–Trinajstić information content (AvgIpc) is 3.79. The Morgan fingerprint density at radius 1 is 1.15 bits per heavy atom. The highest BCUT2D eigenvalue weighted by atomic mass is 35.5. The Morgan fingerprint density at radius 3 is 2.62 bits per heavy atom. The smallest absolute Gasteiger partial charge is 0.338 e. The van der Waals surface area contributed by atoms with Crippen molar-refractivity contribution in [3.63, 3.8) is 0 Å². The molecule has 1 amide bonds. The number of aromatic carboxylic acids is 1. The summed E-state index contributed by atoms with van der Waals surface area (Å²) < 4.78 is 26.4. The maximum absolute atomic E-state index is 14.0. The third kappa shape index (κ3) is 4.92. The molecule has 0 spiro atoms. The van der Waals surface area contributed by atoms with E-state index in [1.807, 2.05) is 19.1 Å². The molecule has 10 heteroatoms. The van der Waals surface area contributed by atoms with Crippen molar-refractivity contribution in [2.24, 2.45) is 5.92 Å². The van der Waals surface area contributed by atoms with E-state index in [1.54, 1.807) is 11.0 Å². The summed E-state index contributed by atoms with van der Waals surface area (Å²) >= 11 is 6.38. The fourth-order valence-corrected chi connectivity index (χ4v) is 7.06. The number of aryl methyl sites for hydroxylation is 1. The van der Waals surface area contributed by atoms with Crippen LogP contribution >= 0.6 is 11.6 Å². The minimum atomic E-state index is -1.27. The first-order chi connectivity index (χ1) is 19.2. The number of piperazine rings is 1.